The summed E-state index contributed by atoms with van der Waals surface area (Å²) in [7, 11) is 0. The van der Waals surface area contributed by atoms with Crippen molar-refractivity contribution in [3.05, 3.63) is 176 Å². The second-order valence-electron chi connectivity index (χ2n) is 8.32. The van der Waals surface area contributed by atoms with Gasteiger partial charge in [-0.3, -0.25) is 0 Å². The van der Waals surface area contributed by atoms with E-state index < -0.39 is 0 Å². The van der Waals surface area contributed by atoms with Crippen molar-refractivity contribution < 1.29 is 0 Å². The van der Waals surface area contributed by atoms with Gasteiger partial charge in [0.15, 0.2) is 0 Å². The van der Waals surface area contributed by atoms with Gasteiger partial charge in [-0.2, -0.15) is 0 Å². The molecule has 0 spiro atoms. The lowest BCUT2D eigenvalue weighted by Crippen LogP contribution is -1.83. The summed E-state index contributed by atoms with van der Waals surface area (Å²) in [6.07, 6.45) is 5.61. The monoisotopic (exact) mass is 492 g/mol. The molecule has 0 aliphatic rings. The lowest BCUT2D eigenvalue weighted by molar-refractivity contribution is 1.50. The Morgan fingerprint density at radius 3 is 1.21 bits per heavy atom. The maximum absolute atomic E-state index is 3.84. The molecule has 0 aromatic heterocycles. The van der Waals surface area contributed by atoms with E-state index in [-0.39, 0.29) is 0 Å². The van der Waals surface area contributed by atoms with Crippen molar-refractivity contribution in [2.45, 2.75) is 13.8 Å². The van der Waals surface area contributed by atoms with Gasteiger partial charge in [-0.1, -0.05) is 173 Å². The summed E-state index contributed by atoms with van der Waals surface area (Å²) in [5.74, 6) is 0. The van der Waals surface area contributed by atoms with Crippen molar-refractivity contribution in [2.24, 2.45) is 0 Å². The fourth-order valence-electron chi connectivity index (χ4n) is 4.06. The Hall–Kier alpha value is -4.68. The zero-order valence-electron chi connectivity index (χ0n) is 22.4. The van der Waals surface area contributed by atoms with Crippen LogP contribution in [0, 0.1) is 0 Å². The van der Waals surface area contributed by atoms with Crippen molar-refractivity contribution in [3.8, 4) is 33.4 Å². The molecule has 0 heteroatoms. The van der Waals surface area contributed by atoms with Crippen LogP contribution in [0.3, 0.4) is 0 Å². The summed E-state index contributed by atoms with van der Waals surface area (Å²) < 4.78 is 0. The smallest absolute Gasteiger partial charge is 0.0178 e. The Labute approximate surface area is 229 Å². The molecule has 0 saturated carbocycles. The summed E-state index contributed by atoms with van der Waals surface area (Å²) in [5, 5.41) is 0. The summed E-state index contributed by atoms with van der Waals surface area (Å²) in [6.45, 7) is 11.6. The molecule has 0 saturated heterocycles. The highest BCUT2D eigenvalue weighted by atomic mass is 14.1. The van der Waals surface area contributed by atoms with E-state index in [0.717, 1.165) is 11.1 Å². The van der Waals surface area contributed by atoms with Gasteiger partial charge >= 0.3 is 0 Å². The first-order valence-corrected chi connectivity index (χ1v) is 13.1. The van der Waals surface area contributed by atoms with Gasteiger partial charge in [0.25, 0.3) is 0 Å². The predicted molar refractivity (Wildman–Crippen MR) is 169 cm³/mol. The van der Waals surface area contributed by atoms with E-state index in [1.54, 1.807) is 6.08 Å². The average molecular weight is 493 g/mol. The maximum Gasteiger partial charge on any atom is -0.0178 e. The third-order valence-electron chi connectivity index (χ3n) is 5.90. The van der Waals surface area contributed by atoms with E-state index in [9.17, 15) is 0 Å². The molecule has 5 rings (SSSR count). The first-order chi connectivity index (χ1) is 18.8. The van der Waals surface area contributed by atoms with Gasteiger partial charge in [0, 0.05) is 0 Å². The van der Waals surface area contributed by atoms with Gasteiger partial charge < -0.3 is 0 Å². The normalized spacial score (nSPS) is 10.2. The molecular weight excluding hydrogens is 456 g/mol. The number of allylic oxidation sites excluding steroid dienone is 4. The van der Waals surface area contributed by atoms with Gasteiger partial charge in [0.05, 0.1) is 0 Å². The largest absolute Gasteiger partial charge is 0.0990 e. The minimum atomic E-state index is 1.09. The van der Waals surface area contributed by atoms with E-state index in [2.05, 4.69) is 134 Å². The van der Waals surface area contributed by atoms with Gasteiger partial charge in [-0.15, -0.1) is 0 Å². The zero-order chi connectivity index (χ0) is 27.0. The van der Waals surface area contributed by atoms with Crippen molar-refractivity contribution in [2.75, 3.05) is 0 Å². The van der Waals surface area contributed by atoms with E-state index in [1.165, 1.54) is 33.4 Å². The van der Waals surface area contributed by atoms with Crippen LogP contribution in [-0.4, -0.2) is 0 Å². The van der Waals surface area contributed by atoms with Crippen LogP contribution >= 0.6 is 0 Å². The van der Waals surface area contributed by atoms with E-state index >= 15 is 0 Å². The molecule has 5 aromatic carbocycles. The minimum absolute atomic E-state index is 1.09. The van der Waals surface area contributed by atoms with Gasteiger partial charge in [-0.05, 0) is 56.6 Å². The molecule has 0 fully saturated rings. The second-order valence-corrected chi connectivity index (χ2v) is 8.32. The average Bonchev–Trinajstić information content (AvgIpc) is 3.02. The van der Waals surface area contributed by atoms with E-state index in [0.29, 0.717) is 0 Å². The molecule has 38 heavy (non-hydrogen) atoms. The van der Waals surface area contributed by atoms with Crippen molar-refractivity contribution in [1.82, 2.24) is 0 Å². The standard InChI is InChI=1S/C18H14.C18H16.C2H6/c1-3-8-15(9-4-1)17-12-7-13-18(14-17)16-10-5-2-6-11-16;1-3-9-15(4-2)17-12-8-13-18(14-17)16-10-6-5-7-11-16;1-2/h1-14H;3-14H,1-2H2;1-2H3/b;15-9+;. The fourth-order valence-corrected chi connectivity index (χ4v) is 4.06. The third-order valence-corrected chi connectivity index (χ3v) is 5.90. The molecule has 0 unspecified atom stereocenters. The van der Waals surface area contributed by atoms with Crippen LogP contribution in [0.15, 0.2) is 171 Å². The summed E-state index contributed by atoms with van der Waals surface area (Å²) in [4.78, 5) is 0. The molecule has 0 radical (unpaired) electrons. The van der Waals surface area contributed by atoms with Gasteiger partial charge in [0.1, 0.15) is 0 Å². The molecule has 188 valence electrons. The Kier molecular flexibility index (Phi) is 11.3. The van der Waals surface area contributed by atoms with Crippen LogP contribution in [-0.2, 0) is 0 Å². The van der Waals surface area contributed by atoms with Gasteiger partial charge in [-0.25, -0.2) is 0 Å². The van der Waals surface area contributed by atoms with Crippen molar-refractivity contribution >= 4 is 5.57 Å². The Morgan fingerprint density at radius 1 is 0.447 bits per heavy atom. The predicted octanol–water partition coefficient (Wildman–Crippen LogP) is 11.2. The fraction of sp³-hybridized carbons (Fsp3) is 0.0526. The van der Waals surface area contributed by atoms with E-state index in [4.69, 9.17) is 0 Å². The second kappa shape index (κ2) is 15.4. The molecule has 0 aliphatic heterocycles. The highest BCUT2D eigenvalue weighted by molar-refractivity contribution is 5.78. The number of benzene rings is 5. The molecule has 0 aliphatic carbocycles. The van der Waals surface area contributed by atoms with Crippen LogP contribution in [0.5, 0.6) is 0 Å². The number of rotatable bonds is 6. The summed E-state index contributed by atoms with van der Waals surface area (Å²) in [5.41, 5.74) is 9.72. The molecule has 0 heterocycles. The first kappa shape index (κ1) is 27.9. The molecule has 0 atom stereocenters. The molecule has 0 amide bonds. The highest BCUT2D eigenvalue weighted by Crippen LogP contribution is 2.26. The van der Waals surface area contributed by atoms with Crippen molar-refractivity contribution in [3.63, 3.8) is 0 Å². The molecule has 0 nitrogen and oxygen atoms in total. The summed E-state index contributed by atoms with van der Waals surface area (Å²) in [6, 6.07) is 48.4. The van der Waals surface area contributed by atoms with Crippen LogP contribution < -0.4 is 0 Å². The van der Waals surface area contributed by atoms with Crippen LogP contribution in [0.25, 0.3) is 39.0 Å². The molecule has 5 aromatic rings. The third kappa shape index (κ3) is 7.91. The van der Waals surface area contributed by atoms with Crippen LogP contribution in [0.4, 0.5) is 0 Å². The van der Waals surface area contributed by atoms with Gasteiger partial charge in [0.2, 0.25) is 0 Å². The maximum atomic E-state index is 3.84. The SMILES string of the molecule is C=C/C=C(\C=C)c1cccc(-c2ccccc2)c1.CC.c1ccc(-c2cccc(-c3ccccc3)c2)cc1. The topological polar surface area (TPSA) is 0 Å². The minimum Gasteiger partial charge on any atom is -0.0990 e. The van der Waals surface area contributed by atoms with Crippen LogP contribution in [0.1, 0.15) is 19.4 Å². The quantitative estimate of drug-likeness (QED) is 0.207. The summed E-state index contributed by atoms with van der Waals surface area (Å²) >= 11 is 0. The van der Waals surface area contributed by atoms with Crippen LogP contribution in [0.2, 0.25) is 0 Å². The molecule has 0 N–H and O–H groups in total. The molecular formula is C38H36. The lowest BCUT2D eigenvalue weighted by atomic mass is 9.99. The Bertz CT molecular complexity index is 1370. The Morgan fingerprint density at radius 2 is 0.816 bits per heavy atom. The molecule has 0 bridgehead atoms. The lowest BCUT2D eigenvalue weighted by Gasteiger charge is -2.06. The van der Waals surface area contributed by atoms with E-state index in [1.807, 2.05) is 44.2 Å². The van der Waals surface area contributed by atoms with Crippen molar-refractivity contribution in [1.29, 1.82) is 0 Å². The Balaban J connectivity index is 0.000000198. The number of hydrogen-bond acceptors (Lipinski definition) is 0. The number of hydrogen-bond donors (Lipinski definition) is 0. The first-order valence-electron chi connectivity index (χ1n) is 13.1. The zero-order valence-corrected chi connectivity index (χ0v) is 22.4. The highest BCUT2D eigenvalue weighted by Gasteiger charge is 2.01.